The number of methoxy groups -OCH3 is 1. The maximum atomic E-state index is 5.21. The lowest BCUT2D eigenvalue weighted by atomic mass is 10.2. The highest BCUT2D eigenvalue weighted by molar-refractivity contribution is 7.98. The molecule has 1 aromatic heterocycles. The third kappa shape index (κ3) is 4.20. The minimum Gasteiger partial charge on any atom is -0.497 e. The normalized spacial score (nSPS) is 11.0. The number of hydrogen-bond donors (Lipinski definition) is 0. The highest BCUT2D eigenvalue weighted by Crippen LogP contribution is 2.20. The lowest BCUT2D eigenvalue weighted by molar-refractivity contribution is 0.414. The van der Waals surface area contributed by atoms with Crippen molar-refractivity contribution >= 4 is 18.0 Å². The summed E-state index contributed by atoms with van der Waals surface area (Å²) in [5.74, 6) is 1.63. The Labute approximate surface area is 139 Å². The first-order chi connectivity index (χ1) is 11.3. The van der Waals surface area contributed by atoms with Crippen LogP contribution in [0.25, 0.3) is 0 Å². The van der Waals surface area contributed by atoms with Gasteiger partial charge in [0, 0.05) is 5.75 Å². The van der Waals surface area contributed by atoms with Crippen LogP contribution in [-0.2, 0) is 5.75 Å². The van der Waals surface area contributed by atoms with Crippen LogP contribution in [0, 0.1) is 0 Å². The van der Waals surface area contributed by atoms with Crippen LogP contribution in [0.2, 0.25) is 0 Å². The Balaban J connectivity index is 1.69. The highest BCUT2D eigenvalue weighted by atomic mass is 32.2. The Kier molecular flexibility index (Phi) is 5.06. The Bertz CT molecular complexity index is 786. The molecule has 0 atom stereocenters. The Hall–Kier alpha value is -2.60. The fourth-order valence-electron chi connectivity index (χ4n) is 1.97. The molecule has 3 rings (SSSR count). The summed E-state index contributed by atoms with van der Waals surface area (Å²) >= 11 is 1.60. The summed E-state index contributed by atoms with van der Waals surface area (Å²) in [6.45, 7) is 0. The van der Waals surface area contributed by atoms with Crippen LogP contribution in [0.3, 0.4) is 0 Å². The number of benzene rings is 2. The van der Waals surface area contributed by atoms with Gasteiger partial charge in [-0.05, 0) is 23.3 Å². The van der Waals surface area contributed by atoms with E-state index in [1.165, 1.54) is 5.56 Å². The van der Waals surface area contributed by atoms with Gasteiger partial charge in [0.25, 0.3) is 0 Å². The van der Waals surface area contributed by atoms with E-state index in [1.807, 2.05) is 42.5 Å². The summed E-state index contributed by atoms with van der Waals surface area (Å²) in [5.41, 5.74) is 2.20. The van der Waals surface area contributed by atoms with Crippen LogP contribution in [0.5, 0.6) is 5.75 Å². The fourth-order valence-corrected chi connectivity index (χ4v) is 2.79. The van der Waals surface area contributed by atoms with Gasteiger partial charge in [-0.25, -0.2) is 0 Å². The van der Waals surface area contributed by atoms with Gasteiger partial charge in [0.15, 0.2) is 0 Å². The fraction of sp³-hybridized carbons (Fsp3) is 0.118. The summed E-state index contributed by atoms with van der Waals surface area (Å²) in [4.78, 5) is 0. The van der Waals surface area contributed by atoms with Crippen molar-refractivity contribution in [1.29, 1.82) is 0 Å². The van der Waals surface area contributed by atoms with Crippen LogP contribution < -0.4 is 4.74 Å². The molecule has 6 heteroatoms. The molecule has 5 nitrogen and oxygen atoms in total. The van der Waals surface area contributed by atoms with Crippen molar-refractivity contribution in [2.45, 2.75) is 10.9 Å². The van der Waals surface area contributed by atoms with Crippen molar-refractivity contribution in [2.24, 2.45) is 5.10 Å². The third-order valence-corrected chi connectivity index (χ3v) is 4.14. The maximum absolute atomic E-state index is 5.21. The molecule has 23 heavy (non-hydrogen) atoms. The second-order valence-electron chi connectivity index (χ2n) is 4.75. The number of rotatable bonds is 6. The molecule has 0 spiro atoms. The zero-order chi connectivity index (χ0) is 15.9. The smallest absolute Gasteiger partial charge is 0.212 e. The van der Waals surface area contributed by atoms with E-state index in [-0.39, 0.29) is 0 Å². The summed E-state index contributed by atoms with van der Waals surface area (Å²) in [7, 11) is 1.65. The van der Waals surface area contributed by atoms with Gasteiger partial charge in [0.1, 0.15) is 12.1 Å². The molecule has 0 saturated heterocycles. The van der Waals surface area contributed by atoms with Crippen LogP contribution in [0.15, 0.2) is 71.2 Å². The lowest BCUT2D eigenvalue weighted by Gasteiger charge is -2.02. The number of thioether (sulfide) groups is 1. The molecular formula is C17H16N4OS. The minimum atomic E-state index is 0.757. The molecule has 2 aromatic carbocycles. The summed E-state index contributed by atoms with van der Waals surface area (Å²) in [6, 6.07) is 18.0. The highest BCUT2D eigenvalue weighted by Gasteiger charge is 2.04. The van der Waals surface area contributed by atoms with Gasteiger partial charge >= 0.3 is 0 Å². The van der Waals surface area contributed by atoms with E-state index < -0.39 is 0 Å². The number of hydrogen-bond acceptors (Lipinski definition) is 5. The first-order valence-electron chi connectivity index (χ1n) is 7.10. The Morgan fingerprint density at radius 3 is 2.87 bits per heavy atom. The van der Waals surface area contributed by atoms with Crippen LogP contribution in [0.1, 0.15) is 11.1 Å². The predicted octanol–water partition coefficient (Wildman–Crippen LogP) is 3.46. The van der Waals surface area contributed by atoms with Crippen LogP contribution in [0.4, 0.5) is 0 Å². The van der Waals surface area contributed by atoms with Gasteiger partial charge in [0.05, 0.1) is 13.3 Å². The van der Waals surface area contributed by atoms with E-state index in [1.54, 1.807) is 36.1 Å². The van der Waals surface area contributed by atoms with Gasteiger partial charge < -0.3 is 4.74 Å². The lowest BCUT2D eigenvalue weighted by Crippen LogP contribution is -1.93. The third-order valence-electron chi connectivity index (χ3n) is 3.14. The maximum Gasteiger partial charge on any atom is 0.212 e. The number of ether oxygens (including phenoxy) is 1. The molecule has 0 unspecified atom stereocenters. The molecule has 0 bridgehead atoms. The van der Waals surface area contributed by atoms with Gasteiger partial charge in [-0.3, -0.25) is 0 Å². The van der Waals surface area contributed by atoms with Crippen molar-refractivity contribution in [3.63, 3.8) is 0 Å². The van der Waals surface area contributed by atoms with E-state index in [4.69, 9.17) is 4.74 Å². The van der Waals surface area contributed by atoms with Crippen LogP contribution in [-0.4, -0.2) is 28.2 Å². The van der Waals surface area contributed by atoms with Gasteiger partial charge in [-0.15, -0.1) is 10.2 Å². The SMILES string of the molecule is COc1cccc(/C=N/n2cnnc2SCc2ccccc2)c1. The standard InChI is InChI=1S/C17H16N4OS/c1-22-16-9-5-8-15(10-16)11-19-21-13-18-20-17(21)23-12-14-6-3-2-4-7-14/h2-11,13H,12H2,1H3/b19-11+. The van der Waals surface area contributed by atoms with Crippen molar-refractivity contribution in [2.75, 3.05) is 7.11 Å². The molecule has 1 heterocycles. The molecule has 3 aromatic rings. The zero-order valence-electron chi connectivity index (χ0n) is 12.7. The Morgan fingerprint density at radius 1 is 1.17 bits per heavy atom. The second-order valence-corrected chi connectivity index (χ2v) is 5.70. The molecule has 0 fully saturated rings. The molecule has 116 valence electrons. The average molecular weight is 324 g/mol. The first kappa shape index (κ1) is 15.3. The number of aromatic nitrogens is 3. The number of nitrogens with zero attached hydrogens (tertiary/aromatic N) is 4. The molecule has 0 aliphatic heterocycles. The molecule has 0 N–H and O–H groups in total. The van der Waals surface area contributed by atoms with Gasteiger partial charge in [-0.1, -0.05) is 54.2 Å². The van der Waals surface area contributed by atoms with E-state index in [0.717, 1.165) is 22.2 Å². The van der Waals surface area contributed by atoms with E-state index in [2.05, 4.69) is 27.4 Å². The second kappa shape index (κ2) is 7.60. The topological polar surface area (TPSA) is 52.3 Å². The molecule has 0 radical (unpaired) electrons. The average Bonchev–Trinajstić information content (AvgIpc) is 3.07. The predicted molar refractivity (Wildman–Crippen MR) is 92.0 cm³/mol. The van der Waals surface area contributed by atoms with E-state index in [9.17, 15) is 0 Å². The van der Waals surface area contributed by atoms with Crippen molar-refractivity contribution in [1.82, 2.24) is 14.9 Å². The van der Waals surface area contributed by atoms with Crippen molar-refractivity contribution in [3.8, 4) is 5.75 Å². The largest absolute Gasteiger partial charge is 0.497 e. The first-order valence-corrected chi connectivity index (χ1v) is 8.09. The van der Waals surface area contributed by atoms with E-state index in [0.29, 0.717) is 0 Å². The van der Waals surface area contributed by atoms with Crippen molar-refractivity contribution in [3.05, 3.63) is 72.1 Å². The molecule has 0 aliphatic carbocycles. The minimum absolute atomic E-state index is 0.757. The summed E-state index contributed by atoms with van der Waals surface area (Å²) in [5, 5.41) is 13.2. The Morgan fingerprint density at radius 2 is 2.04 bits per heavy atom. The molecular weight excluding hydrogens is 308 g/mol. The van der Waals surface area contributed by atoms with E-state index >= 15 is 0 Å². The molecule has 0 saturated carbocycles. The van der Waals surface area contributed by atoms with Gasteiger partial charge in [-0.2, -0.15) is 9.78 Å². The molecule has 0 aliphatic rings. The van der Waals surface area contributed by atoms with Crippen molar-refractivity contribution < 1.29 is 4.74 Å². The van der Waals surface area contributed by atoms with Gasteiger partial charge in [0.2, 0.25) is 5.16 Å². The zero-order valence-corrected chi connectivity index (χ0v) is 13.5. The quantitative estimate of drug-likeness (QED) is 0.515. The molecule has 0 amide bonds. The summed E-state index contributed by atoms with van der Waals surface area (Å²) < 4.78 is 6.88. The van der Waals surface area contributed by atoms with Crippen LogP contribution >= 0.6 is 11.8 Å². The monoisotopic (exact) mass is 324 g/mol. The summed E-state index contributed by atoms with van der Waals surface area (Å²) in [6.07, 6.45) is 3.36.